The molecule has 4 nitrogen and oxygen atoms in total. The van der Waals surface area contributed by atoms with Crippen LogP contribution in [-0.4, -0.2) is 23.1 Å². The topological polar surface area (TPSA) is 27.3 Å². The van der Waals surface area contributed by atoms with Crippen molar-refractivity contribution >= 4 is 21.8 Å². The number of ether oxygens (including phenoxy) is 2. The van der Waals surface area contributed by atoms with E-state index in [-0.39, 0.29) is 22.8 Å². The van der Waals surface area contributed by atoms with Gasteiger partial charge in [-0.05, 0) is 145 Å². The number of benzene rings is 3. The second-order valence-electron chi connectivity index (χ2n) is 18.9. The predicted octanol–water partition coefficient (Wildman–Crippen LogP) is 7.66. The van der Waals surface area contributed by atoms with Crippen LogP contribution in [0.5, 0.6) is 0 Å². The van der Waals surface area contributed by atoms with Gasteiger partial charge in [0.1, 0.15) is 12.6 Å². The third-order valence-corrected chi connectivity index (χ3v) is 16.3. The van der Waals surface area contributed by atoms with Crippen LogP contribution < -0.4 is 21.5 Å². The highest BCUT2D eigenvalue weighted by atomic mass is 79.9. The zero-order valence-electron chi connectivity index (χ0n) is 32.3. The van der Waals surface area contributed by atoms with E-state index in [1.165, 1.54) is 89.9 Å². The van der Waals surface area contributed by atoms with Crippen LogP contribution in [0.2, 0.25) is 0 Å². The van der Waals surface area contributed by atoms with Crippen molar-refractivity contribution in [2.45, 2.75) is 124 Å². The van der Waals surface area contributed by atoms with E-state index >= 15 is 0 Å². The molecule has 0 bridgehead atoms. The van der Waals surface area contributed by atoms with Gasteiger partial charge in [0.2, 0.25) is 6.33 Å². The molecule has 0 N–H and O–H groups in total. The number of nitrogens with zero attached hydrogens (tertiary/aromatic N) is 2. The molecule has 1 aromatic heterocycles. The number of imidazole rings is 1. The van der Waals surface area contributed by atoms with E-state index in [4.69, 9.17) is 9.47 Å². The highest BCUT2D eigenvalue weighted by molar-refractivity contribution is 5.83. The van der Waals surface area contributed by atoms with Gasteiger partial charge >= 0.3 is 0 Å². The fourth-order valence-electron chi connectivity index (χ4n) is 13.3. The van der Waals surface area contributed by atoms with Gasteiger partial charge in [-0.1, -0.05) is 75.7 Å². The van der Waals surface area contributed by atoms with Crippen molar-refractivity contribution in [3.05, 3.63) is 89.3 Å². The summed E-state index contributed by atoms with van der Waals surface area (Å²) in [5, 5.41) is 2.63. The van der Waals surface area contributed by atoms with Crippen molar-refractivity contribution in [3.63, 3.8) is 0 Å². The van der Waals surface area contributed by atoms with Crippen LogP contribution in [0.4, 0.5) is 0 Å². The summed E-state index contributed by atoms with van der Waals surface area (Å²) in [6, 6.07) is 21.1. The van der Waals surface area contributed by atoms with Crippen molar-refractivity contribution in [2.24, 2.45) is 46.3 Å². The second-order valence-corrected chi connectivity index (χ2v) is 18.9. The highest BCUT2D eigenvalue weighted by Gasteiger charge is 2.68. The molecule has 10 rings (SSSR count). The molecule has 2 aliphatic heterocycles. The molecule has 5 heteroatoms. The Labute approximate surface area is 322 Å². The molecular formula is C47H59BrN2O2. The molecule has 5 fully saturated rings. The molecule has 0 unspecified atom stereocenters. The average molecular weight is 764 g/mol. The van der Waals surface area contributed by atoms with Gasteiger partial charge in [-0.15, -0.1) is 0 Å². The molecule has 1 spiro atoms. The molecule has 6 aliphatic rings. The molecule has 3 aromatic carbocycles. The molecule has 0 radical (unpaired) electrons. The fraction of sp³-hybridized carbons (Fsp3) is 0.596. The summed E-state index contributed by atoms with van der Waals surface area (Å²) in [5.74, 6) is 3.84. The third-order valence-electron chi connectivity index (χ3n) is 16.3. The monoisotopic (exact) mass is 762 g/mol. The van der Waals surface area contributed by atoms with Crippen LogP contribution in [0.15, 0.2) is 72.6 Å². The maximum atomic E-state index is 7.07. The van der Waals surface area contributed by atoms with Crippen molar-refractivity contribution in [2.75, 3.05) is 6.61 Å². The summed E-state index contributed by atoms with van der Waals surface area (Å²) in [7, 11) is 0. The first-order valence-corrected chi connectivity index (χ1v) is 20.6. The number of fused-ring (bicyclic) bond motifs is 9. The number of hydrogen-bond acceptors (Lipinski definition) is 2. The van der Waals surface area contributed by atoms with E-state index in [1.807, 2.05) is 0 Å². The standard InChI is InChI=1S/C47H59N2O2.BrH/c1-29-15-20-47(50-27-29)32(4)44-43(51-47)25-40-38-14-13-36-24-37(16-18-45(36,5)39(38)17-19-46(40,44)6)49-28-48(41-21-30(2)31(3)22-42(41)49)26-33-11-12-34-9-7-8-10-35(34)23-33;/h7-13,21-23,28-29,32,37-40,43-44H,14-20,24-27H2,1-6H3;1H/q+1;/p-1/t29-,32+,37-,38-,39+,40+,43+,44+,45+,46+,47-;/m1./s1. The quantitative estimate of drug-likeness (QED) is 0.159. The molecule has 0 amide bonds. The number of halogens is 1. The molecule has 2 saturated heterocycles. The first-order valence-electron chi connectivity index (χ1n) is 20.6. The van der Waals surface area contributed by atoms with Gasteiger partial charge in [0.25, 0.3) is 0 Å². The Morgan fingerprint density at radius 3 is 2.50 bits per heavy atom. The Hall–Kier alpha value is -2.47. The zero-order chi connectivity index (χ0) is 34.9. The lowest BCUT2D eigenvalue weighted by Gasteiger charge is -2.58. The van der Waals surface area contributed by atoms with Gasteiger partial charge in [-0.2, -0.15) is 0 Å². The largest absolute Gasteiger partial charge is 1.00 e. The minimum Gasteiger partial charge on any atom is -1.00 e. The van der Waals surface area contributed by atoms with Crippen LogP contribution in [0.25, 0.3) is 21.8 Å². The van der Waals surface area contributed by atoms with Crippen LogP contribution in [0.3, 0.4) is 0 Å². The highest BCUT2D eigenvalue weighted by Crippen LogP contribution is 2.71. The van der Waals surface area contributed by atoms with Crippen molar-refractivity contribution in [3.8, 4) is 0 Å². The van der Waals surface area contributed by atoms with Gasteiger partial charge in [0, 0.05) is 18.8 Å². The lowest BCUT2D eigenvalue weighted by molar-refractivity contribution is -0.663. The Balaban J connectivity index is 0.00000360. The molecular weight excluding hydrogens is 704 g/mol. The predicted molar refractivity (Wildman–Crippen MR) is 205 cm³/mol. The second kappa shape index (κ2) is 12.5. The number of rotatable bonds is 3. The molecule has 3 saturated carbocycles. The zero-order valence-corrected chi connectivity index (χ0v) is 33.9. The van der Waals surface area contributed by atoms with Gasteiger partial charge in [0.05, 0.1) is 12.7 Å². The molecule has 52 heavy (non-hydrogen) atoms. The summed E-state index contributed by atoms with van der Waals surface area (Å²) in [4.78, 5) is 0. The van der Waals surface area contributed by atoms with Gasteiger partial charge in [-0.25, -0.2) is 9.13 Å². The van der Waals surface area contributed by atoms with Crippen LogP contribution in [-0.2, 0) is 16.0 Å². The Morgan fingerprint density at radius 1 is 0.885 bits per heavy atom. The van der Waals surface area contributed by atoms with E-state index in [0.29, 0.717) is 40.7 Å². The van der Waals surface area contributed by atoms with Crippen molar-refractivity contribution in [1.29, 1.82) is 0 Å². The lowest BCUT2D eigenvalue weighted by atomic mass is 9.46. The van der Waals surface area contributed by atoms with E-state index in [0.717, 1.165) is 37.3 Å². The number of allylic oxidation sites excluding steroid dienone is 2. The van der Waals surface area contributed by atoms with Crippen LogP contribution in [0, 0.1) is 60.2 Å². The minimum atomic E-state index is -0.315. The summed E-state index contributed by atoms with van der Waals surface area (Å²) in [6.45, 7) is 16.5. The van der Waals surface area contributed by atoms with E-state index < -0.39 is 0 Å². The van der Waals surface area contributed by atoms with Gasteiger partial charge in [-0.3, -0.25) is 0 Å². The van der Waals surface area contributed by atoms with Gasteiger partial charge in [0.15, 0.2) is 16.8 Å². The first-order chi connectivity index (χ1) is 24.6. The van der Waals surface area contributed by atoms with Gasteiger partial charge < -0.3 is 26.5 Å². The molecule has 4 aliphatic carbocycles. The minimum absolute atomic E-state index is 0. The van der Waals surface area contributed by atoms with E-state index in [9.17, 15) is 0 Å². The van der Waals surface area contributed by atoms with Crippen LogP contribution in [0.1, 0.15) is 108 Å². The average Bonchev–Trinajstić information content (AvgIpc) is 3.71. The lowest BCUT2D eigenvalue weighted by Crippen LogP contribution is -3.00. The number of aromatic nitrogens is 2. The van der Waals surface area contributed by atoms with E-state index in [2.05, 4.69) is 118 Å². The Kier molecular flexibility index (Phi) is 8.49. The summed E-state index contributed by atoms with van der Waals surface area (Å²) >= 11 is 0. The number of aryl methyl sites for hydroxylation is 2. The fourth-order valence-corrected chi connectivity index (χ4v) is 13.3. The normalized spacial score (nSPS) is 39.5. The summed E-state index contributed by atoms with van der Waals surface area (Å²) in [6.07, 6.45) is 16.9. The Morgan fingerprint density at radius 2 is 1.69 bits per heavy atom. The van der Waals surface area contributed by atoms with Crippen LogP contribution >= 0.6 is 0 Å². The molecule has 4 aromatic rings. The molecule has 3 heterocycles. The number of hydrogen-bond donors (Lipinski definition) is 0. The molecule has 276 valence electrons. The maximum absolute atomic E-state index is 7.07. The SMILES string of the molecule is Cc1cc2c(cc1C)[n+](Cc1ccc3ccccc3c1)cn2[C@@H]1CC[C@@]2(C)C(=CC[C@H]3[C@@H]4C[C@@H]5O[C@]6(CC[C@@H](C)CO6)[C@@H](C)[C@@H]5[C@@]4(C)CC[C@@H]32)C1.[Br-]. The van der Waals surface area contributed by atoms with E-state index in [1.54, 1.807) is 5.57 Å². The van der Waals surface area contributed by atoms with Crippen molar-refractivity contribution in [1.82, 2.24) is 4.57 Å². The summed E-state index contributed by atoms with van der Waals surface area (Å²) < 4.78 is 18.9. The van der Waals surface area contributed by atoms with Crippen molar-refractivity contribution < 1.29 is 31.0 Å². The first kappa shape index (κ1) is 35.2. The Bertz CT molecular complexity index is 2060. The third kappa shape index (κ3) is 5.14. The smallest absolute Gasteiger partial charge is 0.245 e. The maximum Gasteiger partial charge on any atom is 0.245 e. The summed E-state index contributed by atoms with van der Waals surface area (Å²) in [5.41, 5.74) is 9.36. The molecule has 11 atom stereocenters.